The van der Waals surface area contributed by atoms with Crippen LogP contribution in [0.1, 0.15) is 13.8 Å². The number of carbonyl (C=O) groups is 1. The molecule has 0 fully saturated rings. The summed E-state index contributed by atoms with van der Waals surface area (Å²) in [5.74, 6) is -1.29. The number of carbonyl (C=O) groups excluding carboxylic acids is 1. The van der Waals surface area contributed by atoms with Gasteiger partial charge in [0.2, 0.25) is 0 Å². The van der Waals surface area contributed by atoms with Crippen LogP contribution in [0.15, 0.2) is 0 Å². The summed E-state index contributed by atoms with van der Waals surface area (Å²) in [6, 6.07) is 0. The molecule has 0 aliphatic heterocycles. The summed E-state index contributed by atoms with van der Waals surface area (Å²) >= 11 is 0. The quantitative estimate of drug-likeness (QED) is 0.402. The minimum atomic E-state index is -5.00. The van der Waals surface area contributed by atoms with Crippen LogP contribution in [-0.4, -0.2) is 43.8 Å². The zero-order chi connectivity index (χ0) is 16.9. The molecule has 5 nitrogen and oxygen atoms in total. The number of hydrogen-bond acceptors (Lipinski definition) is 5. The molecule has 0 aromatic heterocycles. The standard InChI is InChI=1S/C9H13F6O5P/c1-3-18-7(16)6(2)21(17,19-4-8(10,11)12)20-5-9(13,14)15/h6H,3-5H2,1-2H3/t6-/m0/s1. The van der Waals surface area contributed by atoms with Crippen molar-refractivity contribution in [3.63, 3.8) is 0 Å². The predicted molar refractivity (Wildman–Crippen MR) is 57.7 cm³/mol. The molecule has 1 atom stereocenters. The molecule has 0 aromatic rings. The lowest BCUT2D eigenvalue weighted by Gasteiger charge is -2.24. The number of alkyl halides is 6. The van der Waals surface area contributed by atoms with Crippen molar-refractivity contribution in [2.24, 2.45) is 0 Å². The molecule has 0 amide bonds. The average molecular weight is 346 g/mol. The van der Waals surface area contributed by atoms with E-state index in [1.807, 2.05) is 0 Å². The van der Waals surface area contributed by atoms with Gasteiger partial charge in [-0.05, 0) is 13.8 Å². The van der Waals surface area contributed by atoms with Gasteiger partial charge in [0.25, 0.3) is 0 Å². The SMILES string of the molecule is CCOC(=O)[C@H](C)P(=O)(OCC(F)(F)F)OCC(F)(F)F. The van der Waals surface area contributed by atoms with E-state index in [4.69, 9.17) is 0 Å². The smallest absolute Gasteiger partial charge is 0.412 e. The van der Waals surface area contributed by atoms with E-state index in [9.17, 15) is 35.7 Å². The van der Waals surface area contributed by atoms with Gasteiger partial charge in [0, 0.05) is 0 Å². The summed E-state index contributed by atoms with van der Waals surface area (Å²) in [7, 11) is -5.00. The van der Waals surface area contributed by atoms with E-state index in [-0.39, 0.29) is 6.61 Å². The molecule has 0 heterocycles. The Balaban J connectivity index is 5.06. The lowest BCUT2D eigenvalue weighted by atomic mass is 10.5. The molecule has 0 aliphatic carbocycles. The maximum absolute atomic E-state index is 12.0. The first-order valence-corrected chi connectivity index (χ1v) is 7.11. The largest absolute Gasteiger partial charge is 0.465 e. The molecule has 0 saturated heterocycles. The molecule has 0 rings (SSSR count). The Bertz CT molecular complexity index is 371. The van der Waals surface area contributed by atoms with Crippen LogP contribution in [0.3, 0.4) is 0 Å². The van der Waals surface area contributed by atoms with Crippen molar-refractivity contribution in [1.29, 1.82) is 0 Å². The third-order valence-electron chi connectivity index (χ3n) is 1.92. The molecule has 12 heteroatoms. The van der Waals surface area contributed by atoms with E-state index in [0.29, 0.717) is 0 Å². The number of rotatable bonds is 7. The molecule has 0 aromatic carbocycles. The third kappa shape index (κ3) is 8.27. The summed E-state index contributed by atoms with van der Waals surface area (Å²) in [5, 5.41) is 0. The zero-order valence-electron chi connectivity index (χ0n) is 11.0. The molecule has 0 spiro atoms. The fourth-order valence-corrected chi connectivity index (χ4v) is 2.49. The minimum Gasteiger partial charge on any atom is -0.465 e. The molecule has 21 heavy (non-hydrogen) atoms. The Kier molecular flexibility index (Phi) is 7.17. The fourth-order valence-electron chi connectivity index (χ4n) is 0.979. The van der Waals surface area contributed by atoms with Gasteiger partial charge in [-0.1, -0.05) is 0 Å². The molecule has 0 saturated carbocycles. The van der Waals surface area contributed by atoms with Crippen LogP contribution in [-0.2, 0) is 23.1 Å². The highest BCUT2D eigenvalue weighted by molar-refractivity contribution is 7.55. The molecular formula is C9H13F6O5P. The zero-order valence-corrected chi connectivity index (χ0v) is 11.8. The van der Waals surface area contributed by atoms with E-state index < -0.39 is 44.8 Å². The molecule has 0 aliphatic rings. The first-order valence-electron chi connectivity index (χ1n) is 5.49. The van der Waals surface area contributed by atoms with Crippen LogP contribution in [0, 0.1) is 0 Å². The summed E-state index contributed by atoms with van der Waals surface area (Å²) < 4.78 is 96.4. The van der Waals surface area contributed by atoms with E-state index in [1.54, 1.807) is 0 Å². The number of halogens is 6. The van der Waals surface area contributed by atoms with Crippen LogP contribution in [0.4, 0.5) is 26.3 Å². The molecule has 0 unspecified atom stereocenters. The van der Waals surface area contributed by atoms with Gasteiger partial charge in [-0.25, -0.2) is 0 Å². The van der Waals surface area contributed by atoms with Crippen molar-refractivity contribution in [1.82, 2.24) is 0 Å². The Hall–Kier alpha value is -0.800. The van der Waals surface area contributed by atoms with Crippen LogP contribution < -0.4 is 0 Å². The number of hydrogen-bond donors (Lipinski definition) is 0. The van der Waals surface area contributed by atoms with Crippen molar-refractivity contribution >= 4 is 13.6 Å². The average Bonchev–Trinajstić information content (AvgIpc) is 2.31. The summed E-state index contributed by atoms with van der Waals surface area (Å²) in [6.07, 6.45) is -9.91. The normalized spacial score (nSPS) is 14.9. The second kappa shape index (κ2) is 7.46. The van der Waals surface area contributed by atoms with Crippen LogP contribution in [0.5, 0.6) is 0 Å². The van der Waals surface area contributed by atoms with Gasteiger partial charge >= 0.3 is 25.9 Å². The van der Waals surface area contributed by atoms with Gasteiger partial charge in [0.1, 0.15) is 0 Å². The van der Waals surface area contributed by atoms with Gasteiger partial charge in [-0.15, -0.1) is 0 Å². The highest BCUT2D eigenvalue weighted by atomic mass is 31.2. The van der Waals surface area contributed by atoms with Crippen molar-refractivity contribution in [2.75, 3.05) is 19.8 Å². The Labute approximate surface area is 116 Å². The van der Waals surface area contributed by atoms with E-state index in [0.717, 1.165) is 6.92 Å². The molecule has 0 N–H and O–H groups in total. The monoisotopic (exact) mass is 346 g/mol. The summed E-state index contributed by atoms with van der Waals surface area (Å²) in [6.45, 7) is -2.30. The summed E-state index contributed by atoms with van der Waals surface area (Å²) in [5.41, 5.74) is -1.93. The second-order valence-corrected chi connectivity index (χ2v) is 6.12. The summed E-state index contributed by atoms with van der Waals surface area (Å²) in [4.78, 5) is 11.3. The minimum absolute atomic E-state index is 0.207. The van der Waals surface area contributed by atoms with E-state index in [1.165, 1.54) is 6.92 Å². The topological polar surface area (TPSA) is 61.8 Å². The lowest BCUT2D eigenvalue weighted by Crippen LogP contribution is -2.27. The first-order chi connectivity index (χ1) is 9.31. The van der Waals surface area contributed by atoms with Crippen LogP contribution in [0.2, 0.25) is 0 Å². The van der Waals surface area contributed by atoms with E-state index >= 15 is 0 Å². The second-order valence-electron chi connectivity index (χ2n) is 3.75. The maximum Gasteiger partial charge on any atom is 0.412 e. The number of ether oxygens (including phenoxy) is 1. The van der Waals surface area contributed by atoms with Crippen molar-refractivity contribution in [2.45, 2.75) is 31.9 Å². The van der Waals surface area contributed by atoms with Crippen LogP contribution >= 0.6 is 7.60 Å². The highest BCUT2D eigenvalue weighted by Gasteiger charge is 2.45. The van der Waals surface area contributed by atoms with Gasteiger partial charge in [0.05, 0.1) is 6.61 Å². The van der Waals surface area contributed by atoms with Crippen molar-refractivity contribution < 1.29 is 49.5 Å². The van der Waals surface area contributed by atoms with Gasteiger partial charge in [-0.3, -0.25) is 18.4 Å². The Morgan fingerprint density at radius 1 is 1.05 bits per heavy atom. The molecule has 0 bridgehead atoms. The fraction of sp³-hybridized carbons (Fsp3) is 0.889. The highest BCUT2D eigenvalue weighted by Crippen LogP contribution is 2.54. The van der Waals surface area contributed by atoms with Crippen molar-refractivity contribution in [3.05, 3.63) is 0 Å². The number of esters is 1. The Morgan fingerprint density at radius 3 is 1.71 bits per heavy atom. The van der Waals surface area contributed by atoms with E-state index in [2.05, 4.69) is 13.8 Å². The third-order valence-corrected chi connectivity index (χ3v) is 4.06. The molecule has 0 radical (unpaired) electrons. The van der Waals surface area contributed by atoms with Gasteiger partial charge in [-0.2, -0.15) is 26.3 Å². The maximum atomic E-state index is 12.0. The van der Waals surface area contributed by atoms with Gasteiger partial charge in [0.15, 0.2) is 18.9 Å². The molecule has 126 valence electrons. The van der Waals surface area contributed by atoms with Crippen molar-refractivity contribution in [3.8, 4) is 0 Å². The van der Waals surface area contributed by atoms with Crippen LogP contribution in [0.25, 0.3) is 0 Å². The lowest BCUT2D eigenvalue weighted by molar-refractivity contribution is -0.167. The first kappa shape index (κ1) is 20.2. The van der Waals surface area contributed by atoms with Gasteiger partial charge < -0.3 is 4.74 Å². The Morgan fingerprint density at radius 2 is 1.43 bits per heavy atom. The molecular weight excluding hydrogens is 333 g/mol. The predicted octanol–water partition coefficient (Wildman–Crippen LogP) is 3.29.